The smallest absolute Gasteiger partial charge is 0.195 e. The molecule has 4 nitrogen and oxygen atoms in total. The lowest BCUT2D eigenvalue weighted by molar-refractivity contribution is 0.544. The number of aromatic nitrogens is 2. The zero-order chi connectivity index (χ0) is 14.7. The lowest BCUT2D eigenvalue weighted by Gasteiger charge is -2.25. The number of thiazole rings is 1. The van der Waals surface area contributed by atoms with E-state index in [9.17, 15) is 0 Å². The van der Waals surface area contributed by atoms with E-state index in [1.165, 1.54) is 12.1 Å². The second kappa shape index (κ2) is 6.59. The maximum Gasteiger partial charge on any atom is 0.195 e. The normalized spacial score (nSPS) is 14.7. The van der Waals surface area contributed by atoms with E-state index < -0.39 is 0 Å². The molecule has 0 aromatic carbocycles. The van der Waals surface area contributed by atoms with Crippen LogP contribution in [0.5, 0.6) is 0 Å². The topological polar surface area (TPSA) is 46.6 Å². The molecule has 0 aliphatic rings. The van der Waals surface area contributed by atoms with Crippen molar-refractivity contribution in [1.29, 1.82) is 0 Å². The molecule has 2 unspecified atom stereocenters. The van der Waals surface area contributed by atoms with Gasteiger partial charge < -0.3 is 10.6 Å². The van der Waals surface area contributed by atoms with E-state index in [1.54, 1.807) is 11.3 Å². The van der Waals surface area contributed by atoms with Gasteiger partial charge in [0.1, 0.15) is 0 Å². The summed E-state index contributed by atoms with van der Waals surface area (Å²) >= 11 is 1.69. The van der Waals surface area contributed by atoms with E-state index in [1.807, 2.05) is 0 Å². The van der Waals surface area contributed by atoms with Gasteiger partial charge in [-0.05, 0) is 19.8 Å². The van der Waals surface area contributed by atoms with Crippen molar-refractivity contribution in [2.24, 2.45) is 11.7 Å². The zero-order valence-corrected chi connectivity index (χ0v) is 13.8. The number of rotatable bonds is 7. The summed E-state index contributed by atoms with van der Waals surface area (Å²) in [6.07, 6.45) is 4.16. The Labute approximate surface area is 125 Å². The quantitative estimate of drug-likeness (QED) is 0.853. The van der Waals surface area contributed by atoms with Crippen LogP contribution in [0.15, 0.2) is 11.6 Å². The van der Waals surface area contributed by atoms with Gasteiger partial charge in [0, 0.05) is 37.1 Å². The fraction of sp³-hybridized carbons (Fsp3) is 0.667. The van der Waals surface area contributed by atoms with E-state index in [0.29, 0.717) is 5.92 Å². The molecule has 0 saturated heterocycles. The van der Waals surface area contributed by atoms with Crippen LogP contribution in [0.1, 0.15) is 39.8 Å². The fourth-order valence-corrected chi connectivity index (χ4v) is 3.17. The summed E-state index contributed by atoms with van der Waals surface area (Å²) in [6.45, 7) is 10.8. The summed E-state index contributed by atoms with van der Waals surface area (Å²) in [7, 11) is 0. The highest BCUT2D eigenvalue weighted by molar-refractivity contribution is 7.15. The number of hydrogen-bond donors (Lipinski definition) is 1. The van der Waals surface area contributed by atoms with Gasteiger partial charge in [-0.25, -0.2) is 4.98 Å². The second-order valence-corrected chi connectivity index (χ2v) is 6.54. The first-order valence-corrected chi connectivity index (χ1v) is 8.39. The van der Waals surface area contributed by atoms with Crippen molar-refractivity contribution in [3.63, 3.8) is 0 Å². The van der Waals surface area contributed by atoms with Gasteiger partial charge in [0.05, 0.1) is 5.69 Å². The van der Waals surface area contributed by atoms with Crippen molar-refractivity contribution in [1.82, 2.24) is 9.38 Å². The first kappa shape index (κ1) is 15.3. The van der Waals surface area contributed by atoms with E-state index in [4.69, 9.17) is 10.7 Å². The largest absolute Gasteiger partial charge is 0.355 e. The van der Waals surface area contributed by atoms with Gasteiger partial charge in [-0.3, -0.25) is 4.40 Å². The molecule has 2 N–H and O–H groups in total. The minimum Gasteiger partial charge on any atom is -0.355 e. The van der Waals surface area contributed by atoms with E-state index >= 15 is 0 Å². The molecule has 2 heterocycles. The van der Waals surface area contributed by atoms with E-state index in [-0.39, 0.29) is 6.04 Å². The first-order chi connectivity index (χ1) is 9.56. The van der Waals surface area contributed by atoms with Gasteiger partial charge in [0.25, 0.3) is 0 Å². The van der Waals surface area contributed by atoms with Crippen LogP contribution in [0.4, 0.5) is 5.82 Å². The van der Waals surface area contributed by atoms with Crippen molar-refractivity contribution in [2.75, 3.05) is 18.0 Å². The Balaban J connectivity index is 2.37. The van der Waals surface area contributed by atoms with Crippen LogP contribution < -0.4 is 10.6 Å². The lowest BCUT2D eigenvalue weighted by Crippen LogP contribution is -2.30. The van der Waals surface area contributed by atoms with Crippen LogP contribution in [-0.4, -0.2) is 28.5 Å². The zero-order valence-electron chi connectivity index (χ0n) is 13.0. The van der Waals surface area contributed by atoms with Gasteiger partial charge >= 0.3 is 0 Å². The maximum absolute atomic E-state index is 6.03. The number of imidazole rings is 1. The van der Waals surface area contributed by atoms with Gasteiger partial charge in [-0.15, -0.1) is 11.3 Å². The Kier molecular flexibility index (Phi) is 5.05. The summed E-state index contributed by atoms with van der Waals surface area (Å²) in [4.78, 5) is 8.30. The molecule has 112 valence electrons. The van der Waals surface area contributed by atoms with Crippen LogP contribution in [0.25, 0.3) is 4.96 Å². The molecule has 0 spiro atoms. The van der Waals surface area contributed by atoms with Crippen molar-refractivity contribution in [3.8, 4) is 0 Å². The molecular formula is C15H26N4S. The molecule has 5 heteroatoms. The standard InChI is InChI=1S/C15H26N4S/c1-5-11(3)10-18(6-2)14-13(9-12(4)16)19-7-8-20-15(19)17-14/h7-8,11-12H,5-6,9-10,16H2,1-4H3. The summed E-state index contributed by atoms with van der Waals surface area (Å²) in [5.74, 6) is 1.80. The van der Waals surface area contributed by atoms with Crippen LogP contribution >= 0.6 is 11.3 Å². The van der Waals surface area contributed by atoms with Gasteiger partial charge in [0.15, 0.2) is 10.8 Å². The number of nitrogens with two attached hydrogens (primary N) is 1. The van der Waals surface area contributed by atoms with E-state index in [2.05, 4.69) is 48.6 Å². The third kappa shape index (κ3) is 3.15. The highest BCUT2D eigenvalue weighted by Gasteiger charge is 2.20. The average Bonchev–Trinajstić information content (AvgIpc) is 2.98. The Hall–Kier alpha value is -1.07. The maximum atomic E-state index is 6.03. The van der Waals surface area contributed by atoms with Crippen LogP contribution in [0.3, 0.4) is 0 Å². The highest BCUT2D eigenvalue weighted by Crippen LogP contribution is 2.26. The Bertz CT molecular complexity index is 543. The number of fused-ring (bicyclic) bond motifs is 1. The van der Waals surface area contributed by atoms with Gasteiger partial charge in [-0.2, -0.15) is 0 Å². The minimum absolute atomic E-state index is 0.149. The van der Waals surface area contributed by atoms with Crippen molar-refractivity contribution < 1.29 is 0 Å². The van der Waals surface area contributed by atoms with Crippen molar-refractivity contribution >= 4 is 22.1 Å². The van der Waals surface area contributed by atoms with E-state index in [0.717, 1.165) is 30.3 Å². The summed E-state index contributed by atoms with van der Waals surface area (Å²) < 4.78 is 2.20. The average molecular weight is 294 g/mol. The van der Waals surface area contributed by atoms with Crippen molar-refractivity contribution in [2.45, 2.75) is 46.6 Å². The predicted octanol–water partition coefficient (Wildman–Crippen LogP) is 3.16. The van der Waals surface area contributed by atoms with Crippen LogP contribution in [0, 0.1) is 5.92 Å². The number of nitrogens with zero attached hydrogens (tertiary/aromatic N) is 3. The molecule has 0 amide bonds. The van der Waals surface area contributed by atoms with Gasteiger partial charge in [-0.1, -0.05) is 20.3 Å². The molecule has 0 aliphatic carbocycles. The molecule has 0 aliphatic heterocycles. The minimum atomic E-state index is 0.149. The Morgan fingerprint density at radius 3 is 2.75 bits per heavy atom. The fourth-order valence-electron chi connectivity index (χ4n) is 2.44. The lowest BCUT2D eigenvalue weighted by atomic mass is 10.1. The van der Waals surface area contributed by atoms with Gasteiger partial charge in [0.2, 0.25) is 0 Å². The molecule has 20 heavy (non-hydrogen) atoms. The summed E-state index contributed by atoms with van der Waals surface area (Å²) in [6, 6.07) is 0.149. The third-order valence-corrected chi connectivity index (χ3v) is 4.52. The molecule has 2 rings (SSSR count). The summed E-state index contributed by atoms with van der Waals surface area (Å²) in [5.41, 5.74) is 7.28. The monoisotopic (exact) mass is 294 g/mol. The van der Waals surface area contributed by atoms with Crippen LogP contribution in [0.2, 0.25) is 0 Å². The Morgan fingerprint density at radius 2 is 2.15 bits per heavy atom. The number of hydrogen-bond acceptors (Lipinski definition) is 4. The Morgan fingerprint density at radius 1 is 1.40 bits per heavy atom. The molecule has 2 aromatic heterocycles. The highest BCUT2D eigenvalue weighted by atomic mass is 32.1. The first-order valence-electron chi connectivity index (χ1n) is 7.51. The molecule has 0 radical (unpaired) electrons. The van der Waals surface area contributed by atoms with Crippen LogP contribution in [-0.2, 0) is 6.42 Å². The molecular weight excluding hydrogens is 268 g/mol. The molecule has 0 fully saturated rings. The third-order valence-electron chi connectivity index (χ3n) is 3.77. The van der Waals surface area contributed by atoms with Crippen molar-refractivity contribution in [3.05, 3.63) is 17.3 Å². The molecule has 0 saturated carbocycles. The molecule has 0 bridgehead atoms. The summed E-state index contributed by atoms with van der Waals surface area (Å²) in [5, 5.41) is 2.09. The molecule has 2 atom stereocenters. The second-order valence-electron chi connectivity index (χ2n) is 5.67. The number of anilines is 1. The predicted molar refractivity (Wildman–Crippen MR) is 87.8 cm³/mol. The molecule has 2 aromatic rings. The SMILES string of the molecule is CCC(C)CN(CC)c1nc2sccn2c1CC(C)N.